The SMILES string of the molecule is [2H]C([2H])(C)c1cc[n+](C)c(-c2c(C)ccc3c2oc2c4ccccc4ccc32)c1. The van der Waals surface area contributed by atoms with Crippen molar-refractivity contribution in [1.29, 1.82) is 0 Å². The van der Waals surface area contributed by atoms with E-state index in [2.05, 4.69) is 43.3 Å². The maximum absolute atomic E-state index is 8.13. The van der Waals surface area contributed by atoms with E-state index in [-0.39, 0.29) is 0 Å². The lowest BCUT2D eigenvalue weighted by molar-refractivity contribution is -0.660. The zero-order valence-corrected chi connectivity index (χ0v) is 15.7. The predicted octanol–water partition coefficient (Wildman–Crippen LogP) is 6.10. The van der Waals surface area contributed by atoms with Gasteiger partial charge in [0.15, 0.2) is 6.20 Å². The molecule has 2 heterocycles. The smallest absolute Gasteiger partial charge is 0.216 e. The summed E-state index contributed by atoms with van der Waals surface area (Å²) in [6, 6.07) is 20.6. The van der Waals surface area contributed by atoms with Crippen molar-refractivity contribution in [2.45, 2.75) is 20.2 Å². The molecule has 0 unspecified atom stereocenters. The maximum Gasteiger partial charge on any atom is 0.216 e. The van der Waals surface area contributed by atoms with Crippen LogP contribution in [0.2, 0.25) is 0 Å². The van der Waals surface area contributed by atoms with Crippen LogP contribution < -0.4 is 4.57 Å². The summed E-state index contributed by atoms with van der Waals surface area (Å²) in [6.07, 6.45) is 0.511. The molecule has 5 aromatic rings. The van der Waals surface area contributed by atoms with Crippen molar-refractivity contribution in [1.82, 2.24) is 0 Å². The fourth-order valence-electron chi connectivity index (χ4n) is 3.96. The highest BCUT2D eigenvalue weighted by atomic mass is 16.3. The molecule has 0 aliphatic carbocycles. The van der Waals surface area contributed by atoms with Crippen LogP contribution >= 0.6 is 0 Å². The van der Waals surface area contributed by atoms with E-state index in [0.717, 1.165) is 49.5 Å². The second-order valence-electron chi connectivity index (χ2n) is 7.06. The first-order valence-electron chi connectivity index (χ1n) is 10.2. The maximum atomic E-state index is 8.13. The monoisotopic (exact) mass is 354 g/mol. The number of pyridine rings is 1. The van der Waals surface area contributed by atoms with Crippen LogP contribution in [0, 0.1) is 6.92 Å². The molecular weight excluding hydrogens is 330 g/mol. The summed E-state index contributed by atoms with van der Waals surface area (Å²) in [5.41, 5.74) is 5.46. The standard InChI is InChI=1S/C25H22NO/c1-4-17-13-14-26(3)22(15-17)23-16(2)9-11-21-20-12-10-18-7-5-6-8-19(18)24(20)27-25(21)23/h5-15H,4H2,1-3H3/q+1/i4D2. The van der Waals surface area contributed by atoms with Crippen LogP contribution in [0.1, 0.15) is 20.8 Å². The molecule has 0 radical (unpaired) electrons. The summed E-state index contributed by atoms with van der Waals surface area (Å²) < 4.78 is 24.8. The molecule has 0 N–H and O–H groups in total. The fraction of sp³-hybridized carbons (Fsp3) is 0.160. The molecule has 0 aliphatic rings. The van der Waals surface area contributed by atoms with Gasteiger partial charge in [-0.1, -0.05) is 49.4 Å². The molecule has 2 aromatic heterocycles. The van der Waals surface area contributed by atoms with Crippen molar-refractivity contribution in [2.75, 3.05) is 0 Å². The van der Waals surface area contributed by atoms with Gasteiger partial charge in [-0.3, -0.25) is 0 Å². The van der Waals surface area contributed by atoms with Crippen LogP contribution in [-0.2, 0) is 13.4 Å². The average molecular weight is 354 g/mol. The third kappa shape index (κ3) is 2.37. The molecule has 0 saturated carbocycles. The molecule has 0 saturated heterocycles. The number of hydrogen-bond acceptors (Lipinski definition) is 1. The molecular formula is C25H22NO+. The Morgan fingerprint density at radius 1 is 0.926 bits per heavy atom. The minimum atomic E-state index is -1.41. The van der Waals surface area contributed by atoms with Gasteiger partial charge in [0, 0.05) is 31.0 Å². The van der Waals surface area contributed by atoms with Gasteiger partial charge in [-0.05, 0) is 35.9 Å². The number of aryl methyl sites for hydroxylation is 3. The Morgan fingerprint density at radius 3 is 2.56 bits per heavy atom. The van der Waals surface area contributed by atoms with E-state index < -0.39 is 6.37 Å². The molecule has 0 aliphatic heterocycles. The second kappa shape index (κ2) is 5.95. The van der Waals surface area contributed by atoms with E-state index in [0.29, 0.717) is 5.56 Å². The molecule has 0 spiro atoms. The first-order chi connectivity index (χ1) is 13.8. The number of rotatable bonds is 2. The van der Waals surface area contributed by atoms with Gasteiger partial charge in [0.25, 0.3) is 0 Å². The largest absolute Gasteiger partial charge is 0.454 e. The lowest BCUT2D eigenvalue weighted by Gasteiger charge is -2.06. The summed E-state index contributed by atoms with van der Waals surface area (Å²) in [7, 11) is 1.99. The van der Waals surface area contributed by atoms with E-state index in [4.69, 9.17) is 7.16 Å². The Hall–Kier alpha value is -3.13. The van der Waals surface area contributed by atoms with E-state index in [9.17, 15) is 0 Å². The van der Waals surface area contributed by atoms with Crippen molar-refractivity contribution in [2.24, 2.45) is 7.05 Å². The summed E-state index contributed by atoms with van der Waals surface area (Å²) in [4.78, 5) is 0. The minimum absolute atomic E-state index is 0.656. The summed E-state index contributed by atoms with van der Waals surface area (Å²) in [5, 5.41) is 4.44. The van der Waals surface area contributed by atoms with Crippen molar-refractivity contribution in [3.05, 3.63) is 78.0 Å². The molecule has 0 atom stereocenters. The molecule has 3 aromatic carbocycles. The van der Waals surface area contributed by atoms with E-state index >= 15 is 0 Å². The van der Waals surface area contributed by atoms with Gasteiger partial charge in [0.1, 0.15) is 18.2 Å². The van der Waals surface area contributed by atoms with Crippen molar-refractivity contribution < 1.29 is 11.7 Å². The molecule has 0 bridgehead atoms. The van der Waals surface area contributed by atoms with Crippen molar-refractivity contribution >= 4 is 32.7 Å². The quantitative estimate of drug-likeness (QED) is 0.350. The predicted molar refractivity (Wildman–Crippen MR) is 112 cm³/mol. The van der Waals surface area contributed by atoms with E-state index in [1.54, 1.807) is 6.92 Å². The second-order valence-corrected chi connectivity index (χ2v) is 7.06. The summed E-state index contributed by atoms with van der Waals surface area (Å²) in [5.74, 6) is 0. The lowest BCUT2D eigenvalue weighted by atomic mass is 9.99. The van der Waals surface area contributed by atoms with Gasteiger partial charge in [-0.2, -0.15) is 0 Å². The van der Waals surface area contributed by atoms with E-state index in [1.165, 1.54) is 0 Å². The van der Waals surface area contributed by atoms with Crippen molar-refractivity contribution in [3.63, 3.8) is 0 Å². The third-order valence-electron chi connectivity index (χ3n) is 5.43. The number of benzene rings is 3. The highest BCUT2D eigenvalue weighted by Crippen LogP contribution is 2.39. The Kier molecular flexibility index (Phi) is 3.08. The van der Waals surface area contributed by atoms with Gasteiger partial charge in [-0.25, -0.2) is 4.57 Å². The highest BCUT2D eigenvalue weighted by Gasteiger charge is 2.21. The molecule has 27 heavy (non-hydrogen) atoms. The molecule has 5 rings (SSSR count). The van der Waals surface area contributed by atoms with Gasteiger partial charge in [-0.15, -0.1) is 0 Å². The van der Waals surface area contributed by atoms with Gasteiger partial charge < -0.3 is 4.42 Å². The molecule has 132 valence electrons. The molecule has 0 amide bonds. The summed E-state index contributed by atoms with van der Waals surface area (Å²) >= 11 is 0. The number of fused-ring (bicyclic) bond motifs is 5. The fourth-order valence-corrected chi connectivity index (χ4v) is 3.96. The van der Waals surface area contributed by atoms with Crippen LogP contribution in [0.5, 0.6) is 0 Å². The minimum Gasteiger partial charge on any atom is -0.454 e. The zero-order chi connectivity index (χ0) is 20.3. The Morgan fingerprint density at radius 2 is 1.70 bits per heavy atom. The number of nitrogens with zero attached hydrogens (tertiary/aromatic N) is 1. The molecule has 0 fully saturated rings. The van der Waals surface area contributed by atoms with Crippen LogP contribution in [0.4, 0.5) is 0 Å². The van der Waals surface area contributed by atoms with Gasteiger partial charge >= 0.3 is 0 Å². The average Bonchev–Trinajstić information content (AvgIpc) is 3.07. The van der Waals surface area contributed by atoms with Crippen LogP contribution in [-0.4, -0.2) is 0 Å². The first-order valence-corrected chi connectivity index (χ1v) is 9.19. The normalized spacial score (nSPS) is 13.3. The van der Waals surface area contributed by atoms with Crippen LogP contribution in [0.15, 0.2) is 71.3 Å². The number of hydrogen-bond donors (Lipinski definition) is 0. The Bertz CT molecular complexity index is 1410. The third-order valence-corrected chi connectivity index (χ3v) is 5.43. The lowest BCUT2D eigenvalue weighted by Crippen LogP contribution is -2.30. The highest BCUT2D eigenvalue weighted by molar-refractivity contribution is 6.17. The summed E-state index contributed by atoms with van der Waals surface area (Å²) in [6.45, 7) is 3.67. The van der Waals surface area contributed by atoms with Crippen molar-refractivity contribution in [3.8, 4) is 11.3 Å². The number of aromatic nitrogens is 1. The van der Waals surface area contributed by atoms with Crippen LogP contribution in [0.3, 0.4) is 0 Å². The van der Waals surface area contributed by atoms with E-state index in [1.807, 2.05) is 42.1 Å². The topological polar surface area (TPSA) is 17.0 Å². The number of furan rings is 1. The molecule has 2 nitrogen and oxygen atoms in total. The first kappa shape index (κ1) is 14.0. The molecule has 2 heteroatoms. The van der Waals surface area contributed by atoms with Crippen LogP contribution in [0.25, 0.3) is 44.0 Å². The Balaban J connectivity index is 1.90. The van der Waals surface area contributed by atoms with Gasteiger partial charge in [0.2, 0.25) is 5.69 Å². The Labute approximate surface area is 161 Å². The zero-order valence-electron chi connectivity index (χ0n) is 17.7. The van der Waals surface area contributed by atoms with Gasteiger partial charge in [0.05, 0.1) is 5.56 Å².